The van der Waals surface area contributed by atoms with Crippen molar-refractivity contribution in [2.45, 2.75) is 32.3 Å². The molecule has 2 aromatic heterocycles. The molecule has 1 aliphatic heterocycles. The summed E-state index contributed by atoms with van der Waals surface area (Å²) < 4.78 is 7.20. The van der Waals surface area contributed by atoms with Crippen LogP contribution in [-0.2, 0) is 11.2 Å². The molecule has 0 saturated carbocycles. The van der Waals surface area contributed by atoms with E-state index in [-0.39, 0.29) is 18.1 Å². The van der Waals surface area contributed by atoms with Crippen LogP contribution in [0.1, 0.15) is 40.2 Å². The Morgan fingerprint density at radius 3 is 2.88 bits per heavy atom. The second-order valence-corrected chi connectivity index (χ2v) is 8.39. The zero-order valence-corrected chi connectivity index (χ0v) is 18.7. The summed E-state index contributed by atoms with van der Waals surface area (Å²) in [6, 6.07) is 11.7. The number of aryl methyl sites for hydroxylation is 1. The average molecular weight is 452 g/mol. The van der Waals surface area contributed by atoms with E-state index in [0.29, 0.717) is 42.5 Å². The number of ether oxygens (including phenoxy) is 1. The third-order valence-corrected chi connectivity index (χ3v) is 6.15. The minimum absolute atomic E-state index is 0.0725. The Hall–Kier alpha value is -2.80. The zero-order valence-electron chi connectivity index (χ0n) is 17.9. The molecule has 2 atom stereocenters. The molecule has 0 amide bonds. The highest BCUT2D eigenvalue weighted by Crippen LogP contribution is 2.24. The first-order chi connectivity index (χ1) is 15.5. The van der Waals surface area contributed by atoms with E-state index in [9.17, 15) is 9.90 Å². The van der Waals surface area contributed by atoms with Crippen molar-refractivity contribution in [1.29, 1.82) is 0 Å². The number of ketones is 1. The molecule has 1 saturated heterocycles. The molecule has 1 fully saturated rings. The van der Waals surface area contributed by atoms with E-state index in [0.717, 1.165) is 16.8 Å². The van der Waals surface area contributed by atoms with Crippen LogP contribution in [0.5, 0.6) is 0 Å². The third kappa shape index (κ3) is 5.33. The lowest BCUT2D eigenvalue weighted by Gasteiger charge is -2.25. The molecule has 166 valence electrons. The van der Waals surface area contributed by atoms with E-state index in [4.69, 9.17) is 16.3 Å². The van der Waals surface area contributed by atoms with Gasteiger partial charge in [0.2, 0.25) is 0 Å². The first kappa shape index (κ1) is 22.4. The van der Waals surface area contributed by atoms with Crippen molar-refractivity contribution in [3.05, 3.63) is 88.5 Å². The number of benzene rings is 1. The van der Waals surface area contributed by atoms with Gasteiger partial charge < -0.3 is 9.84 Å². The summed E-state index contributed by atoms with van der Waals surface area (Å²) in [6.45, 7) is 2.87. The van der Waals surface area contributed by atoms with Gasteiger partial charge in [-0.3, -0.25) is 4.79 Å². The smallest absolute Gasteiger partial charge is 0.184 e. The maximum absolute atomic E-state index is 12.8. The molecule has 1 aliphatic rings. The number of pyridine rings is 1. The van der Waals surface area contributed by atoms with E-state index < -0.39 is 6.10 Å². The van der Waals surface area contributed by atoms with Crippen LogP contribution in [0, 0.1) is 12.8 Å². The largest absolute Gasteiger partial charge is 0.392 e. The number of aliphatic hydroxyl groups excluding tert-OH is 1. The van der Waals surface area contributed by atoms with Crippen molar-refractivity contribution in [3.8, 4) is 5.69 Å². The van der Waals surface area contributed by atoms with Gasteiger partial charge in [0.05, 0.1) is 29.1 Å². The van der Waals surface area contributed by atoms with E-state index in [1.807, 2.05) is 49.5 Å². The van der Waals surface area contributed by atoms with Crippen LogP contribution in [0.2, 0.25) is 5.02 Å². The van der Waals surface area contributed by atoms with E-state index in [2.05, 4.69) is 10.1 Å². The summed E-state index contributed by atoms with van der Waals surface area (Å²) in [5.41, 5.74) is 3.97. The van der Waals surface area contributed by atoms with Crippen molar-refractivity contribution in [3.63, 3.8) is 0 Å². The van der Waals surface area contributed by atoms with Gasteiger partial charge in [-0.05, 0) is 55.2 Å². The zero-order chi connectivity index (χ0) is 22.5. The Bertz CT molecular complexity index is 1090. The third-order valence-electron chi connectivity index (χ3n) is 5.63. The molecule has 0 radical (unpaired) electrons. The molecule has 3 heterocycles. The monoisotopic (exact) mass is 451 g/mol. The fourth-order valence-corrected chi connectivity index (χ4v) is 3.95. The van der Waals surface area contributed by atoms with Crippen molar-refractivity contribution in [2.75, 3.05) is 13.2 Å². The standard InChI is InChI=1S/C25H26ClN3O3/c1-17-25(26)20(14-18-6-8-21(9-7-18)29-12-3-11-27-29)15-22(28-17)24(31)5-2-4-19-16-32-13-10-23(19)30/h2-4,6-9,11-12,15,19,23,30H,5,10,13-14,16H2,1H3/b4-2+/t19-,23-/m0/s1. The lowest BCUT2D eigenvalue weighted by atomic mass is 9.97. The number of aromatic nitrogens is 3. The molecule has 7 heteroatoms. The van der Waals surface area contributed by atoms with Gasteiger partial charge in [-0.15, -0.1) is 0 Å². The number of halogens is 1. The van der Waals surface area contributed by atoms with Gasteiger partial charge >= 0.3 is 0 Å². The number of carbonyl (C=O) groups is 1. The Morgan fingerprint density at radius 2 is 2.16 bits per heavy atom. The average Bonchev–Trinajstić information content (AvgIpc) is 3.33. The number of carbonyl (C=O) groups excluding carboxylic acids is 1. The molecule has 1 aromatic carbocycles. The lowest BCUT2D eigenvalue weighted by Crippen LogP contribution is -2.30. The Morgan fingerprint density at radius 1 is 1.34 bits per heavy atom. The highest BCUT2D eigenvalue weighted by molar-refractivity contribution is 6.32. The van der Waals surface area contributed by atoms with E-state index in [1.54, 1.807) is 23.0 Å². The first-order valence-corrected chi connectivity index (χ1v) is 11.1. The number of allylic oxidation sites excluding steroid dienone is 1. The van der Waals surface area contributed by atoms with Crippen LogP contribution >= 0.6 is 11.6 Å². The number of nitrogens with zero attached hydrogens (tertiary/aromatic N) is 3. The SMILES string of the molecule is Cc1nc(C(=O)C/C=C/[C@H]2COCC[C@@H]2O)cc(Cc2ccc(-n3cccn3)cc2)c1Cl. The fourth-order valence-electron chi connectivity index (χ4n) is 3.79. The molecule has 6 nitrogen and oxygen atoms in total. The summed E-state index contributed by atoms with van der Waals surface area (Å²) in [4.78, 5) is 17.2. The molecule has 3 aromatic rings. The van der Waals surface area contributed by atoms with Crippen LogP contribution in [0.25, 0.3) is 5.69 Å². The Balaban J connectivity index is 1.45. The minimum Gasteiger partial charge on any atom is -0.392 e. The molecule has 0 spiro atoms. The predicted molar refractivity (Wildman–Crippen MR) is 123 cm³/mol. The van der Waals surface area contributed by atoms with Crippen molar-refractivity contribution in [2.24, 2.45) is 5.92 Å². The van der Waals surface area contributed by atoms with Crippen LogP contribution in [-0.4, -0.2) is 45.0 Å². The summed E-state index contributed by atoms with van der Waals surface area (Å²) in [5, 5.41) is 14.8. The van der Waals surface area contributed by atoms with Gasteiger partial charge in [0.15, 0.2) is 5.78 Å². The topological polar surface area (TPSA) is 77.2 Å². The summed E-state index contributed by atoms with van der Waals surface area (Å²) in [6.07, 6.45) is 8.32. The Labute approximate surface area is 192 Å². The molecule has 0 aliphatic carbocycles. The fraction of sp³-hybridized carbons (Fsp3) is 0.320. The van der Waals surface area contributed by atoms with Gasteiger partial charge in [-0.25, -0.2) is 9.67 Å². The Kier molecular flexibility index (Phi) is 7.15. The predicted octanol–water partition coefficient (Wildman–Crippen LogP) is 4.35. The number of hydrogen-bond donors (Lipinski definition) is 1. The molecule has 1 N–H and O–H groups in total. The van der Waals surface area contributed by atoms with Crippen LogP contribution < -0.4 is 0 Å². The van der Waals surface area contributed by atoms with Crippen molar-refractivity contribution in [1.82, 2.24) is 14.8 Å². The van der Waals surface area contributed by atoms with Crippen molar-refractivity contribution >= 4 is 17.4 Å². The minimum atomic E-state index is -0.419. The molecular formula is C25H26ClN3O3. The van der Waals surface area contributed by atoms with Gasteiger partial charge in [-0.2, -0.15) is 5.10 Å². The highest BCUT2D eigenvalue weighted by atomic mass is 35.5. The first-order valence-electron chi connectivity index (χ1n) is 10.7. The van der Waals surface area contributed by atoms with Crippen LogP contribution in [0.4, 0.5) is 0 Å². The molecule has 4 rings (SSSR count). The summed E-state index contributed by atoms with van der Waals surface area (Å²) in [5.74, 6) is -0.153. The van der Waals surface area contributed by atoms with Crippen molar-refractivity contribution < 1.29 is 14.6 Å². The van der Waals surface area contributed by atoms with E-state index in [1.165, 1.54) is 0 Å². The quantitative estimate of drug-likeness (QED) is 0.427. The maximum Gasteiger partial charge on any atom is 0.184 e. The second-order valence-electron chi connectivity index (χ2n) is 8.01. The lowest BCUT2D eigenvalue weighted by molar-refractivity contribution is -0.0177. The number of hydrogen-bond acceptors (Lipinski definition) is 5. The number of Topliss-reactive ketones (excluding diaryl/α,β-unsaturated/α-hetero) is 1. The summed E-state index contributed by atoms with van der Waals surface area (Å²) >= 11 is 6.51. The molecular weight excluding hydrogens is 426 g/mol. The number of rotatable bonds is 7. The molecule has 0 bridgehead atoms. The van der Waals surface area contributed by atoms with Gasteiger partial charge in [0, 0.05) is 31.3 Å². The van der Waals surface area contributed by atoms with Crippen LogP contribution in [0.15, 0.2) is 60.9 Å². The maximum atomic E-state index is 12.8. The highest BCUT2D eigenvalue weighted by Gasteiger charge is 2.21. The van der Waals surface area contributed by atoms with Gasteiger partial charge in [0.25, 0.3) is 0 Å². The van der Waals surface area contributed by atoms with Gasteiger partial charge in [0.1, 0.15) is 5.69 Å². The van der Waals surface area contributed by atoms with Gasteiger partial charge in [-0.1, -0.05) is 35.9 Å². The van der Waals surface area contributed by atoms with E-state index >= 15 is 0 Å². The molecule has 32 heavy (non-hydrogen) atoms. The molecule has 0 unspecified atom stereocenters. The second kappa shape index (κ2) is 10.2. The normalized spacial score (nSPS) is 18.8. The van der Waals surface area contributed by atoms with Crippen LogP contribution in [0.3, 0.4) is 0 Å². The number of aliphatic hydroxyl groups is 1. The summed E-state index contributed by atoms with van der Waals surface area (Å²) in [7, 11) is 0.